The molecular formula is C13H18BrNO2. The van der Waals surface area contributed by atoms with Gasteiger partial charge in [-0.1, -0.05) is 12.8 Å². The van der Waals surface area contributed by atoms with Gasteiger partial charge in [0.05, 0.1) is 18.4 Å². The largest absolute Gasteiger partial charge is 0.477 e. The summed E-state index contributed by atoms with van der Waals surface area (Å²) in [6.45, 7) is 2.50. The average molecular weight is 300 g/mol. The molecule has 2 atom stereocenters. The van der Waals surface area contributed by atoms with E-state index < -0.39 is 0 Å². The Morgan fingerprint density at radius 1 is 1.41 bits per heavy atom. The van der Waals surface area contributed by atoms with Crippen molar-refractivity contribution in [1.29, 1.82) is 0 Å². The summed E-state index contributed by atoms with van der Waals surface area (Å²) >= 11 is 3.41. The van der Waals surface area contributed by atoms with Crippen LogP contribution in [0.2, 0.25) is 0 Å². The third kappa shape index (κ3) is 3.42. The van der Waals surface area contributed by atoms with Gasteiger partial charge in [0.15, 0.2) is 0 Å². The van der Waals surface area contributed by atoms with Crippen LogP contribution >= 0.6 is 15.9 Å². The van der Waals surface area contributed by atoms with Crippen LogP contribution in [0.1, 0.15) is 31.4 Å². The fraction of sp³-hybridized carbons (Fsp3) is 0.615. The maximum absolute atomic E-state index is 9.84. The van der Waals surface area contributed by atoms with Crippen LogP contribution in [0, 0.1) is 12.8 Å². The summed E-state index contributed by atoms with van der Waals surface area (Å²) in [5.41, 5.74) is 0.923. The van der Waals surface area contributed by atoms with Gasteiger partial charge >= 0.3 is 0 Å². The highest BCUT2D eigenvalue weighted by atomic mass is 79.9. The summed E-state index contributed by atoms with van der Waals surface area (Å²) in [7, 11) is 0. The Kier molecular flexibility index (Phi) is 4.40. The van der Waals surface area contributed by atoms with Gasteiger partial charge in [0.1, 0.15) is 0 Å². The zero-order valence-electron chi connectivity index (χ0n) is 10.0. The van der Waals surface area contributed by atoms with E-state index in [4.69, 9.17) is 4.74 Å². The van der Waals surface area contributed by atoms with E-state index in [1.165, 1.54) is 6.42 Å². The first-order valence-electron chi connectivity index (χ1n) is 6.11. The lowest BCUT2D eigenvalue weighted by Gasteiger charge is -2.27. The second-order valence-corrected chi connectivity index (χ2v) is 5.49. The van der Waals surface area contributed by atoms with Gasteiger partial charge in [0, 0.05) is 16.5 Å². The Morgan fingerprint density at radius 2 is 2.18 bits per heavy atom. The highest BCUT2D eigenvalue weighted by Crippen LogP contribution is 2.25. The van der Waals surface area contributed by atoms with Crippen LogP contribution in [-0.2, 0) is 0 Å². The smallest absolute Gasteiger partial charge is 0.213 e. The van der Waals surface area contributed by atoms with Crippen LogP contribution in [0.25, 0.3) is 0 Å². The van der Waals surface area contributed by atoms with Crippen molar-refractivity contribution >= 4 is 15.9 Å². The minimum atomic E-state index is -0.208. The van der Waals surface area contributed by atoms with Crippen molar-refractivity contribution in [1.82, 2.24) is 4.98 Å². The number of halogens is 1. The van der Waals surface area contributed by atoms with Gasteiger partial charge in [-0.15, -0.1) is 0 Å². The van der Waals surface area contributed by atoms with E-state index >= 15 is 0 Å². The van der Waals surface area contributed by atoms with Gasteiger partial charge in [0.25, 0.3) is 0 Å². The van der Waals surface area contributed by atoms with Gasteiger partial charge in [-0.3, -0.25) is 0 Å². The minimum absolute atomic E-state index is 0.208. The molecule has 1 aliphatic carbocycles. The van der Waals surface area contributed by atoms with Crippen molar-refractivity contribution in [2.45, 2.75) is 38.7 Å². The molecule has 1 N–H and O–H groups in total. The maximum Gasteiger partial charge on any atom is 0.213 e. The number of hydrogen-bond acceptors (Lipinski definition) is 3. The standard InChI is InChI=1S/C13H18BrNO2/c1-9-11(14)6-7-13(15-9)17-8-10-4-2-3-5-12(10)16/h6-7,10,12,16H,2-5,8H2,1H3. The van der Waals surface area contributed by atoms with Gasteiger partial charge < -0.3 is 9.84 Å². The average Bonchev–Trinajstić information content (AvgIpc) is 2.32. The number of hydrogen-bond donors (Lipinski definition) is 1. The molecule has 1 saturated carbocycles. The molecule has 17 heavy (non-hydrogen) atoms. The number of aliphatic hydroxyl groups is 1. The lowest BCUT2D eigenvalue weighted by molar-refractivity contribution is 0.0411. The lowest BCUT2D eigenvalue weighted by atomic mass is 9.87. The number of ether oxygens (including phenoxy) is 1. The molecular weight excluding hydrogens is 282 g/mol. The van der Waals surface area contributed by atoms with Gasteiger partial charge in [-0.25, -0.2) is 4.98 Å². The molecule has 1 aromatic heterocycles. The van der Waals surface area contributed by atoms with Crippen molar-refractivity contribution in [3.63, 3.8) is 0 Å². The molecule has 0 aliphatic heterocycles. The summed E-state index contributed by atoms with van der Waals surface area (Å²) in [6.07, 6.45) is 4.07. The van der Waals surface area contributed by atoms with E-state index in [9.17, 15) is 5.11 Å². The molecule has 3 nitrogen and oxygen atoms in total. The number of aromatic nitrogens is 1. The Labute approximate surface area is 110 Å². The zero-order valence-corrected chi connectivity index (χ0v) is 11.6. The Morgan fingerprint density at radius 3 is 2.88 bits per heavy atom. The molecule has 0 radical (unpaired) electrons. The van der Waals surface area contributed by atoms with Crippen molar-refractivity contribution in [3.8, 4) is 5.88 Å². The van der Waals surface area contributed by atoms with Crippen molar-refractivity contribution in [3.05, 3.63) is 22.3 Å². The van der Waals surface area contributed by atoms with Crippen LogP contribution in [0.15, 0.2) is 16.6 Å². The summed E-state index contributed by atoms with van der Waals surface area (Å²) in [5.74, 6) is 0.901. The molecule has 1 aromatic rings. The Hall–Kier alpha value is -0.610. The van der Waals surface area contributed by atoms with E-state index in [1.807, 2.05) is 19.1 Å². The van der Waals surface area contributed by atoms with E-state index in [-0.39, 0.29) is 12.0 Å². The quantitative estimate of drug-likeness (QED) is 0.933. The number of rotatable bonds is 3. The topological polar surface area (TPSA) is 42.4 Å². The van der Waals surface area contributed by atoms with Gasteiger partial charge in [-0.05, 0) is 41.8 Å². The highest BCUT2D eigenvalue weighted by molar-refractivity contribution is 9.10. The van der Waals surface area contributed by atoms with E-state index in [2.05, 4.69) is 20.9 Å². The summed E-state index contributed by atoms with van der Waals surface area (Å²) in [6, 6.07) is 3.79. The predicted octanol–water partition coefficient (Wildman–Crippen LogP) is 3.08. The monoisotopic (exact) mass is 299 g/mol. The van der Waals surface area contributed by atoms with Gasteiger partial charge in [0.2, 0.25) is 5.88 Å². The van der Waals surface area contributed by atoms with E-state index in [0.29, 0.717) is 12.5 Å². The number of aliphatic hydroxyl groups excluding tert-OH is 1. The molecule has 1 aliphatic rings. The van der Waals surface area contributed by atoms with Crippen LogP contribution in [0.3, 0.4) is 0 Å². The molecule has 0 saturated heterocycles. The second kappa shape index (κ2) is 5.83. The fourth-order valence-corrected chi connectivity index (χ4v) is 2.40. The van der Waals surface area contributed by atoms with E-state index in [1.54, 1.807) is 0 Å². The third-order valence-electron chi connectivity index (χ3n) is 3.31. The third-order valence-corrected chi connectivity index (χ3v) is 4.15. The minimum Gasteiger partial charge on any atom is -0.477 e. The van der Waals surface area contributed by atoms with Crippen molar-refractivity contribution in [2.24, 2.45) is 5.92 Å². The highest BCUT2D eigenvalue weighted by Gasteiger charge is 2.23. The first kappa shape index (κ1) is 12.8. The Balaban J connectivity index is 1.90. The van der Waals surface area contributed by atoms with Crippen LogP contribution in [0.4, 0.5) is 0 Å². The molecule has 94 valence electrons. The molecule has 0 spiro atoms. The maximum atomic E-state index is 9.84. The predicted molar refractivity (Wildman–Crippen MR) is 70.1 cm³/mol. The zero-order chi connectivity index (χ0) is 12.3. The van der Waals surface area contributed by atoms with Crippen LogP contribution in [-0.4, -0.2) is 22.8 Å². The number of aryl methyl sites for hydroxylation is 1. The van der Waals surface area contributed by atoms with Crippen molar-refractivity contribution < 1.29 is 9.84 Å². The van der Waals surface area contributed by atoms with E-state index in [0.717, 1.165) is 29.4 Å². The molecule has 0 bridgehead atoms. The molecule has 2 unspecified atom stereocenters. The number of pyridine rings is 1. The molecule has 2 rings (SSSR count). The van der Waals surface area contributed by atoms with Crippen LogP contribution < -0.4 is 4.74 Å². The molecule has 1 heterocycles. The SMILES string of the molecule is Cc1nc(OCC2CCCCC2O)ccc1Br. The van der Waals surface area contributed by atoms with Gasteiger partial charge in [-0.2, -0.15) is 0 Å². The van der Waals surface area contributed by atoms with Crippen molar-refractivity contribution in [2.75, 3.05) is 6.61 Å². The summed E-state index contributed by atoms with van der Waals surface area (Å²) in [4.78, 5) is 4.33. The summed E-state index contributed by atoms with van der Waals surface area (Å²) in [5, 5.41) is 9.84. The Bertz CT molecular complexity index is 384. The molecule has 4 heteroatoms. The second-order valence-electron chi connectivity index (χ2n) is 4.64. The first-order valence-corrected chi connectivity index (χ1v) is 6.90. The fourth-order valence-electron chi connectivity index (χ4n) is 2.18. The van der Waals surface area contributed by atoms with Crippen LogP contribution in [0.5, 0.6) is 5.88 Å². The first-order chi connectivity index (χ1) is 8.16. The lowest BCUT2D eigenvalue weighted by Crippen LogP contribution is -2.29. The summed E-state index contributed by atoms with van der Waals surface area (Å²) < 4.78 is 6.65. The molecule has 0 amide bonds. The molecule has 1 fully saturated rings. The molecule has 0 aromatic carbocycles. The number of nitrogens with zero attached hydrogens (tertiary/aromatic N) is 1. The normalized spacial score (nSPS) is 24.6.